The molecule has 0 radical (unpaired) electrons. The summed E-state index contributed by atoms with van der Waals surface area (Å²) in [5, 5.41) is 3.50. The maximum absolute atomic E-state index is 13.0. The molecule has 1 amide bonds. The minimum Gasteiger partial charge on any atom is -0.322 e. The Bertz CT molecular complexity index is 1360. The molecule has 11 heteroatoms. The summed E-state index contributed by atoms with van der Waals surface area (Å²) in [5.41, 5.74) is 1.36. The molecule has 30 heavy (non-hydrogen) atoms. The number of hydrogen-bond acceptors (Lipinski definition) is 6. The number of nitrogens with zero attached hydrogens (tertiary/aromatic N) is 2. The minimum absolute atomic E-state index is 0.0345. The lowest BCUT2D eigenvalue weighted by Gasteiger charge is -2.13. The van der Waals surface area contributed by atoms with Crippen LogP contribution in [0.3, 0.4) is 0 Å². The number of aromatic nitrogens is 2. The van der Waals surface area contributed by atoms with Crippen molar-refractivity contribution in [2.75, 3.05) is 10.0 Å². The van der Waals surface area contributed by atoms with E-state index >= 15 is 0 Å². The number of carbonyl (C=O) groups excluding carboxylic acids is 1. The standard InChI is InChI=1S/C19H12Cl2N4O3S2/c20-11-4-7-13(8-5-11)22-19(26)14-10-12(21)6-9-15(14)25-30(27,28)17-3-1-2-16-18(17)24-29-23-16/h1-10,25H,(H,22,26). The van der Waals surface area contributed by atoms with Crippen LogP contribution in [0.4, 0.5) is 11.4 Å². The molecule has 1 aromatic heterocycles. The van der Waals surface area contributed by atoms with Crippen molar-refractivity contribution in [3.05, 3.63) is 76.3 Å². The van der Waals surface area contributed by atoms with Crippen molar-refractivity contribution < 1.29 is 13.2 Å². The van der Waals surface area contributed by atoms with Crippen molar-refractivity contribution in [1.82, 2.24) is 8.75 Å². The van der Waals surface area contributed by atoms with Crippen molar-refractivity contribution in [1.29, 1.82) is 0 Å². The third-order valence-corrected chi connectivity index (χ3v) is 6.54. The molecule has 152 valence electrons. The van der Waals surface area contributed by atoms with Gasteiger partial charge in [0.25, 0.3) is 15.9 Å². The van der Waals surface area contributed by atoms with E-state index in [1.54, 1.807) is 36.4 Å². The summed E-state index contributed by atoms with van der Waals surface area (Å²) in [6, 6.07) is 15.5. The van der Waals surface area contributed by atoms with Crippen LogP contribution in [0.25, 0.3) is 11.0 Å². The smallest absolute Gasteiger partial charge is 0.264 e. The van der Waals surface area contributed by atoms with Crippen molar-refractivity contribution >= 4 is 73.3 Å². The van der Waals surface area contributed by atoms with Crippen LogP contribution < -0.4 is 10.0 Å². The van der Waals surface area contributed by atoms with E-state index < -0.39 is 15.9 Å². The highest BCUT2D eigenvalue weighted by Crippen LogP contribution is 2.27. The van der Waals surface area contributed by atoms with Crippen molar-refractivity contribution in [2.24, 2.45) is 0 Å². The summed E-state index contributed by atoms with van der Waals surface area (Å²) in [6.45, 7) is 0. The second-order valence-corrected chi connectivity index (χ2v) is 9.20. The lowest BCUT2D eigenvalue weighted by molar-refractivity contribution is 0.102. The van der Waals surface area contributed by atoms with Crippen LogP contribution in [-0.4, -0.2) is 23.1 Å². The van der Waals surface area contributed by atoms with E-state index in [0.29, 0.717) is 16.2 Å². The third-order valence-electron chi connectivity index (χ3n) is 4.11. The van der Waals surface area contributed by atoms with Crippen LogP contribution in [0.2, 0.25) is 10.0 Å². The average molecular weight is 479 g/mol. The van der Waals surface area contributed by atoms with Gasteiger partial charge in [0, 0.05) is 15.7 Å². The predicted octanol–water partition coefficient (Wildman–Crippen LogP) is 5.05. The fourth-order valence-electron chi connectivity index (χ4n) is 2.72. The first-order valence-electron chi connectivity index (χ1n) is 8.44. The number of sulfonamides is 1. The summed E-state index contributed by atoms with van der Waals surface area (Å²) in [7, 11) is -4.04. The zero-order chi connectivity index (χ0) is 21.3. The maximum atomic E-state index is 13.0. The van der Waals surface area contributed by atoms with Gasteiger partial charge in [0.15, 0.2) is 0 Å². The number of fused-ring (bicyclic) bond motifs is 1. The molecule has 4 aromatic rings. The SMILES string of the molecule is O=C(Nc1ccc(Cl)cc1)c1cc(Cl)ccc1NS(=O)(=O)c1cccc2nsnc12. The van der Waals surface area contributed by atoms with Gasteiger partial charge in [-0.3, -0.25) is 9.52 Å². The molecule has 7 nitrogen and oxygen atoms in total. The zero-order valence-electron chi connectivity index (χ0n) is 15.0. The quantitative estimate of drug-likeness (QED) is 0.417. The lowest BCUT2D eigenvalue weighted by atomic mass is 10.1. The van der Waals surface area contributed by atoms with Crippen molar-refractivity contribution in [3.63, 3.8) is 0 Å². The maximum Gasteiger partial charge on any atom is 0.264 e. The molecule has 0 saturated carbocycles. The van der Waals surface area contributed by atoms with Gasteiger partial charge in [-0.25, -0.2) is 8.42 Å². The van der Waals surface area contributed by atoms with Crippen LogP contribution in [0.5, 0.6) is 0 Å². The van der Waals surface area contributed by atoms with Crippen LogP contribution in [0.1, 0.15) is 10.4 Å². The van der Waals surface area contributed by atoms with Crippen LogP contribution in [0.15, 0.2) is 65.6 Å². The average Bonchev–Trinajstić information content (AvgIpc) is 3.19. The van der Waals surface area contributed by atoms with Crippen molar-refractivity contribution in [2.45, 2.75) is 4.90 Å². The van der Waals surface area contributed by atoms with E-state index in [9.17, 15) is 13.2 Å². The predicted molar refractivity (Wildman–Crippen MR) is 119 cm³/mol. The number of hydrogen-bond donors (Lipinski definition) is 2. The van der Waals surface area contributed by atoms with Gasteiger partial charge in [-0.05, 0) is 54.6 Å². The Balaban J connectivity index is 1.68. The number of amides is 1. The van der Waals surface area contributed by atoms with Crippen molar-refractivity contribution in [3.8, 4) is 0 Å². The van der Waals surface area contributed by atoms with Crippen LogP contribution >= 0.6 is 34.9 Å². The van der Waals surface area contributed by atoms with E-state index in [1.165, 1.54) is 24.3 Å². The molecule has 1 heterocycles. The fourth-order valence-corrected chi connectivity index (χ4v) is 4.87. The lowest BCUT2D eigenvalue weighted by Crippen LogP contribution is -2.19. The van der Waals surface area contributed by atoms with Gasteiger partial charge in [0.2, 0.25) is 0 Å². The molecule has 0 aliphatic carbocycles. The monoisotopic (exact) mass is 478 g/mol. The molecule has 4 rings (SSSR count). The molecule has 0 aliphatic heterocycles. The molecule has 0 bridgehead atoms. The largest absolute Gasteiger partial charge is 0.322 e. The summed E-state index contributed by atoms with van der Waals surface area (Å²) in [5.74, 6) is -0.536. The van der Waals surface area contributed by atoms with E-state index in [4.69, 9.17) is 23.2 Å². The Hall–Kier alpha value is -2.72. The summed E-state index contributed by atoms with van der Waals surface area (Å²) in [4.78, 5) is 12.8. The molecular weight excluding hydrogens is 467 g/mol. The summed E-state index contributed by atoms with van der Waals surface area (Å²) >= 11 is 12.8. The normalized spacial score (nSPS) is 11.4. The van der Waals surface area contributed by atoms with Gasteiger partial charge in [-0.2, -0.15) is 8.75 Å². The molecule has 0 atom stereocenters. The first-order chi connectivity index (χ1) is 14.3. The molecule has 2 N–H and O–H groups in total. The Morgan fingerprint density at radius 2 is 1.67 bits per heavy atom. The molecule has 3 aromatic carbocycles. The molecular formula is C19H12Cl2N4O3S2. The van der Waals surface area contributed by atoms with Gasteiger partial charge in [0.05, 0.1) is 23.0 Å². The highest BCUT2D eigenvalue weighted by atomic mass is 35.5. The number of nitrogens with one attached hydrogen (secondary N) is 2. The van der Waals surface area contributed by atoms with Gasteiger partial charge in [-0.1, -0.05) is 29.3 Å². The Labute approximate surface area is 186 Å². The van der Waals surface area contributed by atoms with Gasteiger partial charge in [0.1, 0.15) is 15.9 Å². The molecule has 0 unspecified atom stereocenters. The Kier molecular flexibility index (Phi) is 5.61. The molecule has 0 aliphatic rings. The number of halogens is 2. The number of carbonyl (C=O) groups is 1. The summed E-state index contributed by atoms with van der Waals surface area (Å²) in [6.07, 6.45) is 0. The summed E-state index contributed by atoms with van der Waals surface area (Å²) < 4.78 is 36.6. The van der Waals surface area contributed by atoms with E-state index in [0.717, 1.165) is 11.7 Å². The highest BCUT2D eigenvalue weighted by Gasteiger charge is 2.22. The van der Waals surface area contributed by atoms with E-state index in [2.05, 4.69) is 18.8 Å². The second kappa shape index (κ2) is 8.19. The number of anilines is 2. The van der Waals surface area contributed by atoms with Crippen LogP contribution in [-0.2, 0) is 10.0 Å². The molecule has 0 fully saturated rings. The van der Waals surface area contributed by atoms with E-state index in [-0.39, 0.29) is 26.7 Å². The fraction of sp³-hybridized carbons (Fsp3) is 0. The third kappa shape index (κ3) is 4.24. The first kappa shape index (κ1) is 20.5. The Morgan fingerprint density at radius 1 is 0.933 bits per heavy atom. The van der Waals surface area contributed by atoms with Gasteiger partial charge < -0.3 is 5.32 Å². The topological polar surface area (TPSA) is 101 Å². The minimum atomic E-state index is -4.04. The number of benzene rings is 3. The van der Waals surface area contributed by atoms with E-state index in [1.807, 2.05) is 0 Å². The first-order valence-corrected chi connectivity index (χ1v) is 11.4. The second-order valence-electron chi connectivity index (χ2n) is 6.14. The Morgan fingerprint density at radius 3 is 2.43 bits per heavy atom. The van der Waals surface area contributed by atoms with Crippen LogP contribution in [0, 0.1) is 0 Å². The van der Waals surface area contributed by atoms with Gasteiger partial charge in [-0.15, -0.1) is 0 Å². The zero-order valence-corrected chi connectivity index (χ0v) is 18.1. The highest BCUT2D eigenvalue weighted by molar-refractivity contribution is 7.93. The molecule has 0 saturated heterocycles. The van der Waals surface area contributed by atoms with Gasteiger partial charge >= 0.3 is 0 Å². The number of rotatable bonds is 5. The molecule has 0 spiro atoms.